The van der Waals surface area contributed by atoms with Crippen molar-refractivity contribution in [3.8, 4) is 11.5 Å². The van der Waals surface area contributed by atoms with Gasteiger partial charge in [0.05, 0.1) is 0 Å². The third-order valence-corrected chi connectivity index (χ3v) is 5.37. The van der Waals surface area contributed by atoms with Gasteiger partial charge in [-0.1, -0.05) is 18.2 Å². The number of hydrogen-bond donors (Lipinski definition) is 3. The van der Waals surface area contributed by atoms with Crippen molar-refractivity contribution in [3.63, 3.8) is 0 Å². The zero-order valence-corrected chi connectivity index (χ0v) is 16.7. The van der Waals surface area contributed by atoms with Crippen LogP contribution in [0.3, 0.4) is 0 Å². The van der Waals surface area contributed by atoms with Gasteiger partial charge in [0.15, 0.2) is 11.5 Å². The second kappa shape index (κ2) is 9.84. The molecule has 0 aliphatic heterocycles. The number of aryl methyl sites for hydroxylation is 1. The van der Waals surface area contributed by atoms with Crippen LogP contribution in [0.1, 0.15) is 21.5 Å². The summed E-state index contributed by atoms with van der Waals surface area (Å²) in [5.41, 5.74) is 2.59. The van der Waals surface area contributed by atoms with Crippen molar-refractivity contribution in [2.45, 2.75) is 6.42 Å². The lowest BCUT2D eigenvalue weighted by atomic mass is 10.1. The average Bonchev–Trinajstić information content (AvgIpc) is 2.74. The minimum Gasteiger partial charge on any atom is -0.504 e. The highest BCUT2D eigenvalue weighted by molar-refractivity contribution is 7.88. The maximum atomic E-state index is 12.9. The number of benzene rings is 3. The van der Waals surface area contributed by atoms with Crippen LogP contribution in [-0.4, -0.2) is 26.1 Å². The third kappa shape index (κ3) is 6.02. The van der Waals surface area contributed by atoms with Crippen LogP contribution < -0.4 is 5.32 Å². The molecule has 5 nitrogen and oxygen atoms in total. The van der Waals surface area contributed by atoms with E-state index in [2.05, 4.69) is 5.32 Å². The van der Waals surface area contributed by atoms with Gasteiger partial charge in [-0.25, -0.2) is 4.39 Å². The first-order valence-electron chi connectivity index (χ1n) is 9.14. The number of aromatic hydroxyl groups is 2. The van der Waals surface area contributed by atoms with E-state index in [-0.39, 0.29) is 17.4 Å². The normalized spacial score (nSPS) is 12.0. The zero-order chi connectivity index (χ0) is 21.5. The minimum atomic E-state index is -1.20. The Kier molecular flexibility index (Phi) is 6.98. The number of carbonyl (C=O) groups is 1. The highest BCUT2D eigenvalue weighted by atomic mass is 32.2. The molecule has 7 heteroatoms. The SMILES string of the molecule is O=C(Nc1ccc(CCS(=O)/C=C/c2ccc(O)c(O)c2)cc1)c1ccc(F)cc1. The van der Waals surface area contributed by atoms with E-state index < -0.39 is 16.6 Å². The fraction of sp³-hybridized carbons (Fsp3) is 0.0870. The molecule has 30 heavy (non-hydrogen) atoms. The Morgan fingerprint density at radius 1 is 0.967 bits per heavy atom. The third-order valence-electron chi connectivity index (χ3n) is 4.32. The molecule has 0 bridgehead atoms. The van der Waals surface area contributed by atoms with Crippen molar-refractivity contribution in [3.05, 3.63) is 94.6 Å². The van der Waals surface area contributed by atoms with Crippen LogP contribution in [0.2, 0.25) is 0 Å². The smallest absolute Gasteiger partial charge is 0.255 e. The molecule has 0 radical (unpaired) electrons. The fourth-order valence-corrected chi connectivity index (χ4v) is 3.53. The number of rotatable bonds is 7. The number of nitrogens with one attached hydrogen (secondary N) is 1. The molecule has 3 aromatic carbocycles. The molecule has 0 aromatic heterocycles. The molecule has 0 saturated heterocycles. The predicted molar refractivity (Wildman–Crippen MR) is 116 cm³/mol. The first kappa shape index (κ1) is 21.3. The number of hydrogen-bond acceptors (Lipinski definition) is 4. The van der Waals surface area contributed by atoms with Gasteiger partial charge < -0.3 is 15.5 Å². The molecule has 154 valence electrons. The van der Waals surface area contributed by atoms with Gasteiger partial charge in [0.25, 0.3) is 5.91 Å². The van der Waals surface area contributed by atoms with Gasteiger partial charge in [-0.2, -0.15) is 0 Å². The van der Waals surface area contributed by atoms with Crippen molar-refractivity contribution < 1.29 is 23.6 Å². The molecule has 1 unspecified atom stereocenters. The van der Waals surface area contributed by atoms with E-state index in [1.807, 2.05) is 12.1 Å². The molecule has 1 atom stereocenters. The quantitative estimate of drug-likeness (QED) is 0.488. The van der Waals surface area contributed by atoms with E-state index >= 15 is 0 Å². The molecule has 0 heterocycles. The van der Waals surface area contributed by atoms with E-state index in [1.165, 1.54) is 36.4 Å². The number of anilines is 1. The average molecular weight is 425 g/mol. The number of phenolic OH excluding ortho intramolecular Hbond substituents is 2. The Hall–Kier alpha value is -3.45. The molecular weight excluding hydrogens is 405 g/mol. The van der Waals surface area contributed by atoms with Crippen LogP contribution in [0.4, 0.5) is 10.1 Å². The van der Waals surface area contributed by atoms with E-state index in [1.54, 1.807) is 29.7 Å². The lowest BCUT2D eigenvalue weighted by molar-refractivity contribution is 0.102. The van der Waals surface area contributed by atoms with E-state index in [9.17, 15) is 23.6 Å². The summed E-state index contributed by atoms with van der Waals surface area (Å²) in [5.74, 6) is -0.735. The summed E-state index contributed by atoms with van der Waals surface area (Å²) in [6.07, 6.45) is 2.22. The highest BCUT2D eigenvalue weighted by Crippen LogP contribution is 2.25. The Morgan fingerprint density at radius 2 is 1.67 bits per heavy atom. The monoisotopic (exact) mass is 425 g/mol. The summed E-state index contributed by atoms with van der Waals surface area (Å²) in [6, 6.07) is 16.9. The van der Waals surface area contributed by atoms with E-state index in [0.717, 1.165) is 5.56 Å². The molecule has 0 aliphatic carbocycles. The van der Waals surface area contributed by atoms with Crippen LogP contribution >= 0.6 is 0 Å². The molecule has 0 fully saturated rings. The van der Waals surface area contributed by atoms with Crippen molar-refractivity contribution in [2.24, 2.45) is 0 Å². The largest absolute Gasteiger partial charge is 0.504 e. The van der Waals surface area contributed by atoms with Crippen LogP contribution in [0, 0.1) is 5.82 Å². The maximum absolute atomic E-state index is 12.9. The Balaban J connectivity index is 1.50. The minimum absolute atomic E-state index is 0.203. The molecule has 0 aliphatic rings. The standard InChI is InChI=1S/C23H20FNO4S/c24-19-6-4-18(5-7-19)23(28)25-20-8-1-16(2-9-20)11-13-30(29)14-12-17-3-10-21(26)22(27)15-17/h1-10,12,14-15,26-27H,11,13H2,(H,25,28)/b14-12+. The van der Waals surface area contributed by atoms with Gasteiger partial charge in [-0.3, -0.25) is 9.00 Å². The second-order valence-electron chi connectivity index (χ2n) is 6.54. The topological polar surface area (TPSA) is 86.6 Å². The summed E-state index contributed by atoms with van der Waals surface area (Å²) in [5, 5.41) is 23.1. The second-order valence-corrected chi connectivity index (χ2v) is 7.99. The Bertz CT molecular complexity index is 1080. The molecule has 3 N–H and O–H groups in total. The van der Waals surface area contributed by atoms with Crippen LogP contribution in [-0.2, 0) is 17.2 Å². The summed E-state index contributed by atoms with van der Waals surface area (Å²) >= 11 is 0. The van der Waals surface area contributed by atoms with Crippen molar-refractivity contribution >= 4 is 28.5 Å². The Labute approximate surface area is 176 Å². The lowest BCUT2D eigenvalue weighted by Gasteiger charge is -2.07. The zero-order valence-electron chi connectivity index (χ0n) is 15.9. The first-order valence-corrected chi connectivity index (χ1v) is 10.5. The summed E-state index contributed by atoms with van der Waals surface area (Å²) in [6.45, 7) is 0. The predicted octanol–water partition coefficient (Wildman–Crippen LogP) is 4.45. The molecule has 1 amide bonds. The van der Waals surface area contributed by atoms with Gasteiger partial charge in [-0.15, -0.1) is 0 Å². The van der Waals surface area contributed by atoms with Gasteiger partial charge in [0, 0.05) is 33.2 Å². The van der Waals surface area contributed by atoms with Crippen molar-refractivity contribution in [2.75, 3.05) is 11.1 Å². The maximum Gasteiger partial charge on any atom is 0.255 e. The molecule has 3 rings (SSSR count). The fourth-order valence-electron chi connectivity index (χ4n) is 2.64. The van der Waals surface area contributed by atoms with Crippen LogP contribution in [0.5, 0.6) is 11.5 Å². The Morgan fingerprint density at radius 3 is 2.33 bits per heavy atom. The van der Waals surface area contributed by atoms with Gasteiger partial charge in [-0.05, 0) is 72.2 Å². The number of phenols is 2. The lowest BCUT2D eigenvalue weighted by Crippen LogP contribution is -2.11. The number of amides is 1. The van der Waals surface area contributed by atoms with E-state index in [0.29, 0.717) is 29.0 Å². The highest BCUT2D eigenvalue weighted by Gasteiger charge is 2.06. The van der Waals surface area contributed by atoms with Crippen molar-refractivity contribution in [1.29, 1.82) is 0 Å². The molecule has 3 aromatic rings. The van der Waals surface area contributed by atoms with Crippen LogP contribution in [0.25, 0.3) is 6.08 Å². The summed E-state index contributed by atoms with van der Waals surface area (Å²) in [4.78, 5) is 12.1. The number of carbonyl (C=O) groups excluding carboxylic acids is 1. The summed E-state index contributed by atoms with van der Waals surface area (Å²) in [7, 11) is -1.20. The van der Waals surface area contributed by atoms with Gasteiger partial charge >= 0.3 is 0 Å². The van der Waals surface area contributed by atoms with E-state index in [4.69, 9.17) is 0 Å². The molecule has 0 spiro atoms. The van der Waals surface area contributed by atoms with Gasteiger partial charge in [0.1, 0.15) is 5.82 Å². The first-order chi connectivity index (χ1) is 14.4. The van der Waals surface area contributed by atoms with Gasteiger partial charge in [0.2, 0.25) is 0 Å². The molecule has 0 saturated carbocycles. The van der Waals surface area contributed by atoms with Crippen molar-refractivity contribution in [1.82, 2.24) is 0 Å². The molecular formula is C23H20FNO4S. The summed E-state index contributed by atoms with van der Waals surface area (Å²) < 4.78 is 25.1. The van der Waals surface area contributed by atoms with Crippen LogP contribution in [0.15, 0.2) is 72.1 Å². The number of halogens is 1.